The van der Waals surface area contributed by atoms with Gasteiger partial charge in [-0.25, -0.2) is 0 Å². The molecule has 0 saturated heterocycles. The highest BCUT2D eigenvalue weighted by Crippen LogP contribution is 2.29. The SMILES string of the molecule is CNC(Cc1ccc(Br)cc1)c1ccc(OC)cc1Br. The maximum atomic E-state index is 5.24. The molecule has 0 saturated carbocycles. The van der Waals surface area contributed by atoms with Gasteiger partial charge in [0.2, 0.25) is 0 Å². The summed E-state index contributed by atoms with van der Waals surface area (Å²) in [4.78, 5) is 0. The summed E-state index contributed by atoms with van der Waals surface area (Å²) in [6.07, 6.45) is 0.939. The third kappa shape index (κ3) is 3.84. The van der Waals surface area contributed by atoms with Crippen molar-refractivity contribution in [2.75, 3.05) is 14.2 Å². The number of benzene rings is 2. The van der Waals surface area contributed by atoms with Crippen molar-refractivity contribution in [2.24, 2.45) is 0 Å². The number of rotatable bonds is 5. The Morgan fingerprint density at radius 1 is 1.10 bits per heavy atom. The van der Waals surface area contributed by atoms with Crippen molar-refractivity contribution in [3.05, 3.63) is 62.5 Å². The van der Waals surface area contributed by atoms with E-state index >= 15 is 0 Å². The first kappa shape index (κ1) is 15.5. The zero-order valence-corrected chi connectivity index (χ0v) is 14.7. The molecule has 2 aromatic rings. The first-order valence-electron chi connectivity index (χ1n) is 6.39. The predicted molar refractivity (Wildman–Crippen MR) is 90.3 cm³/mol. The van der Waals surface area contributed by atoms with E-state index in [-0.39, 0.29) is 6.04 Å². The van der Waals surface area contributed by atoms with Gasteiger partial charge in [-0.3, -0.25) is 0 Å². The fourth-order valence-electron chi connectivity index (χ4n) is 2.14. The minimum atomic E-state index is 0.261. The van der Waals surface area contributed by atoms with Gasteiger partial charge in [0.25, 0.3) is 0 Å². The summed E-state index contributed by atoms with van der Waals surface area (Å²) in [6.45, 7) is 0. The molecule has 4 heteroatoms. The topological polar surface area (TPSA) is 21.3 Å². The molecular weight excluding hydrogens is 382 g/mol. The number of likely N-dealkylation sites (N-methyl/N-ethyl adjacent to an activating group) is 1. The fourth-order valence-corrected chi connectivity index (χ4v) is 3.04. The lowest BCUT2D eigenvalue weighted by Gasteiger charge is -2.19. The van der Waals surface area contributed by atoms with Gasteiger partial charge in [0.1, 0.15) is 5.75 Å². The molecule has 0 aliphatic carbocycles. The molecule has 106 valence electrons. The van der Waals surface area contributed by atoms with Gasteiger partial charge in [-0.05, 0) is 48.9 Å². The largest absolute Gasteiger partial charge is 0.497 e. The summed E-state index contributed by atoms with van der Waals surface area (Å²) in [6, 6.07) is 14.8. The standard InChI is InChI=1S/C16H17Br2NO/c1-19-16(9-11-3-5-12(17)6-4-11)14-8-7-13(20-2)10-15(14)18/h3-8,10,16,19H,9H2,1-2H3. The van der Waals surface area contributed by atoms with Gasteiger partial charge < -0.3 is 10.1 Å². The van der Waals surface area contributed by atoms with Crippen molar-refractivity contribution in [3.8, 4) is 5.75 Å². The molecule has 1 N–H and O–H groups in total. The summed E-state index contributed by atoms with van der Waals surface area (Å²) in [7, 11) is 3.67. The van der Waals surface area contributed by atoms with Crippen LogP contribution in [-0.2, 0) is 6.42 Å². The van der Waals surface area contributed by atoms with Crippen molar-refractivity contribution >= 4 is 31.9 Å². The maximum absolute atomic E-state index is 5.24. The number of methoxy groups -OCH3 is 1. The molecule has 0 aliphatic heterocycles. The zero-order chi connectivity index (χ0) is 14.5. The predicted octanol–water partition coefficient (Wildman–Crippen LogP) is 4.72. The molecule has 0 aromatic heterocycles. The van der Waals surface area contributed by atoms with E-state index in [1.165, 1.54) is 11.1 Å². The highest BCUT2D eigenvalue weighted by Gasteiger charge is 2.14. The average molecular weight is 399 g/mol. The summed E-state index contributed by atoms with van der Waals surface area (Å²) < 4.78 is 7.41. The molecule has 0 aliphatic rings. The number of ether oxygens (including phenoxy) is 1. The van der Waals surface area contributed by atoms with Gasteiger partial charge in [-0.1, -0.05) is 50.1 Å². The van der Waals surface area contributed by atoms with E-state index in [4.69, 9.17) is 4.74 Å². The van der Waals surface area contributed by atoms with Crippen LogP contribution in [0.25, 0.3) is 0 Å². The van der Waals surface area contributed by atoms with Crippen LogP contribution in [0.15, 0.2) is 51.4 Å². The Labute approximate surface area is 136 Å². The Balaban J connectivity index is 2.21. The van der Waals surface area contributed by atoms with Crippen molar-refractivity contribution in [2.45, 2.75) is 12.5 Å². The van der Waals surface area contributed by atoms with Crippen LogP contribution in [0.3, 0.4) is 0 Å². The summed E-state index contributed by atoms with van der Waals surface area (Å²) in [5.41, 5.74) is 2.53. The quantitative estimate of drug-likeness (QED) is 0.786. The second-order valence-electron chi connectivity index (χ2n) is 4.56. The maximum Gasteiger partial charge on any atom is 0.120 e. The van der Waals surface area contributed by atoms with E-state index in [1.807, 2.05) is 19.2 Å². The normalized spacial score (nSPS) is 12.2. The van der Waals surface area contributed by atoms with Crippen molar-refractivity contribution in [3.63, 3.8) is 0 Å². The molecule has 1 unspecified atom stereocenters. The molecule has 2 aromatic carbocycles. The molecule has 0 fully saturated rings. The molecule has 2 nitrogen and oxygen atoms in total. The summed E-state index contributed by atoms with van der Waals surface area (Å²) >= 11 is 7.09. The molecule has 0 bridgehead atoms. The van der Waals surface area contributed by atoms with Crippen LogP contribution in [0, 0.1) is 0 Å². The first-order chi connectivity index (χ1) is 9.63. The molecule has 0 radical (unpaired) electrons. The van der Waals surface area contributed by atoms with E-state index in [9.17, 15) is 0 Å². The molecule has 0 heterocycles. The molecular formula is C16H17Br2NO. The highest BCUT2D eigenvalue weighted by atomic mass is 79.9. The van der Waals surface area contributed by atoms with Crippen LogP contribution in [0.2, 0.25) is 0 Å². The van der Waals surface area contributed by atoms with Crippen LogP contribution in [0.4, 0.5) is 0 Å². The van der Waals surface area contributed by atoms with Gasteiger partial charge in [0.05, 0.1) is 7.11 Å². The van der Waals surface area contributed by atoms with E-state index in [0.29, 0.717) is 0 Å². The molecule has 0 spiro atoms. The van der Waals surface area contributed by atoms with Gasteiger partial charge in [-0.15, -0.1) is 0 Å². The monoisotopic (exact) mass is 397 g/mol. The Morgan fingerprint density at radius 3 is 2.35 bits per heavy atom. The number of halogens is 2. The van der Waals surface area contributed by atoms with E-state index in [2.05, 4.69) is 67.5 Å². The highest BCUT2D eigenvalue weighted by molar-refractivity contribution is 9.10. The van der Waals surface area contributed by atoms with E-state index in [1.54, 1.807) is 7.11 Å². The van der Waals surface area contributed by atoms with Crippen LogP contribution in [0.5, 0.6) is 5.75 Å². The Hall–Kier alpha value is -0.840. The smallest absolute Gasteiger partial charge is 0.120 e. The molecule has 0 amide bonds. The minimum absolute atomic E-state index is 0.261. The fraction of sp³-hybridized carbons (Fsp3) is 0.250. The molecule has 20 heavy (non-hydrogen) atoms. The van der Waals surface area contributed by atoms with Crippen molar-refractivity contribution < 1.29 is 4.74 Å². The number of nitrogens with one attached hydrogen (secondary N) is 1. The van der Waals surface area contributed by atoms with Crippen molar-refractivity contribution in [1.82, 2.24) is 5.32 Å². The van der Waals surface area contributed by atoms with E-state index in [0.717, 1.165) is 21.1 Å². The summed E-state index contributed by atoms with van der Waals surface area (Å²) in [5, 5.41) is 3.38. The Kier molecular flexibility index (Phi) is 5.64. The van der Waals surface area contributed by atoms with Gasteiger partial charge in [0.15, 0.2) is 0 Å². The summed E-state index contributed by atoms with van der Waals surface area (Å²) in [5.74, 6) is 0.860. The third-order valence-corrected chi connectivity index (χ3v) is 4.50. The molecule has 1 atom stereocenters. The van der Waals surface area contributed by atoms with Gasteiger partial charge in [0, 0.05) is 15.0 Å². The molecule has 2 rings (SSSR count). The Bertz CT molecular complexity index is 569. The third-order valence-electron chi connectivity index (χ3n) is 3.28. The first-order valence-corrected chi connectivity index (χ1v) is 7.97. The van der Waals surface area contributed by atoms with Gasteiger partial charge >= 0.3 is 0 Å². The lowest BCUT2D eigenvalue weighted by atomic mass is 9.99. The van der Waals surface area contributed by atoms with Crippen molar-refractivity contribution in [1.29, 1.82) is 0 Å². The van der Waals surface area contributed by atoms with Crippen LogP contribution >= 0.6 is 31.9 Å². The minimum Gasteiger partial charge on any atom is -0.497 e. The second kappa shape index (κ2) is 7.25. The second-order valence-corrected chi connectivity index (χ2v) is 6.33. The Morgan fingerprint density at radius 2 is 1.80 bits per heavy atom. The van der Waals surface area contributed by atoms with Crippen LogP contribution in [0.1, 0.15) is 17.2 Å². The lowest BCUT2D eigenvalue weighted by molar-refractivity contribution is 0.414. The lowest BCUT2D eigenvalue weighted by Crippen LogP contribution is -2.19. The average Bonchev–Trinajstić information content (AvgIpc) is 2.47. The van der Waals surface area contributed by atoms with Gasteiger partial charge in [-0.2, -0.15) is 0 Å². The zero-order valence-electron chi connectivity index (χ0n) is 11.5. The number of hydrogen-bond acceptors (Lipinski definition) is 2. The van der Waals surface area contributed by atoms with Crippen LogP contribution < -0.4 is 10.1 Å². The van der Waals surface area contributed by atoms with E-state index < -0.39 is 0 Å². The number of hydrogen-bond donors (Lipinski definition) is 1. The van der Waals surface area contributed by atoms with Crippen LogP contribution in [-0.4, -0.2) is 14.2 Å².